The molecule has 1 aromatic rings. The topological polar surface area (TPSA) is 92.8 Å². The maximum atomic E-state index is 11.6. The molecule has 0 saturated heterocycles. The average Bonchev–Trinajstić information content (AvgIpc) is 2.30. The van der Waals surface area contributed by atoms with E-state index in [1.165, 1.54) is 13.2 Å². The van der Waals surface area contributed by atoms with Crippen LogP contribution in [0.2, 0.25) is 0 Å². The number of nitrogens with two attached hydrogens (primary N) is 1. The summed E-state index contributed by atoms with van der Waals surface area (Å²) in [5, 5.41) is 19.1. The van der Waals surface area contributed by atoms with Crippen LogP contribution in [0.4, 0.5) is 0 Å². The number of phenols is 2. The summed E-state index contributed by atoms with van der Waals surface area (Å²) in [4.78, 5) is 11.6. The number of ether oxygens (including phenoxy) is 1. The van der Waals surface area contributed by atoms with Gasteiger partial charge in [-0.2, -0.15) is 0 Å². The molecule has 0 aromatic heterocycles. The molecule has 5 heteroatoms. The van der Waals surface area contributed by atoms with Crippen LogP contribution in [0.1, 0.15) is 25.5 Å². The first-order valence-corrected chi connectivity index (χ1v) is 5.17. The van der Waals surface area contributed by atoms with Gasteiger partial charge in [-0.3, -0.25) is 4.79 Å². The van der Waals surface area contributed by atoms with E-state index in [0.29, 0.717) is 5.56 Å². The molecule has 0 radical (unpaired) electrons. The van der Waals surface area contributed by atoms with Crippen molar-refractivity contribution < 1.29 is 19.7 Å². The van der Waals surface area contributed by atoms with Crippen molar-refractivity contribution in [1.29, 1.82) is 0 Å². The van der Waals surface area contributed by atoms with E-state index in [9.17, 15) is 15.0 Å². The van der Waals surface area contributed by atoms with Crippen molar-refractivity contribution in [3.8, 4) is 11.5 Å². The minimum Gasteiger partial charge on any atom is -0.504 e. The number of carbonyl (C=O) groups is 1. The van der Waals surface area contributed by atoms with Gasteiger partial charge in [0.05, 0.1) is 12.5 Å². The first-order valence-electron chi connectivity index (χ1n) is 5.17. The van der Waals surface area contributed by atoms with E-state index in [-0.39, 0.29) is 11.5 Å². The molecule has 0 spiro atoms. The number of rotatable bonds is 3. The number of benzene rings is 1. The maximum Gasteiger partial charge on any atom is 0.313 e. The molecule has 1 rings (SSSR count). The SMILES string of the molecule is COC(=O)C(C)(C)[C@H](N)c1cccc(O)c1O. The van der Waals surface area contributed by atoms with Crippen molar-refractivity contribution in [3.05, 3.63) is 23.8 Å². The highest BCUT2D eigenvalue weighted by Gasteiger charge is 2.38. The van der Waals surface area contributed by atoms with Crippen molar-refractivity contribution >= 4 is 5.97 Å². The van der Waals surface area contributed by atoms with Crippen LogP contribution in [-0.2, 0) is 9.53 Å². The lowest BCUT2D eigenvalue weighted by molar-refractivity contribution is -0.152. The number of aromatic hydroxyl groups is 2. The lowest BCUT2D eigenvalue weighted by Gasteiger charge is -2.29. The summed E-state index contributed by atoms with van der Waals surface area (Å²) in [5.74, 6) is -1.05. The van der Waals surface area contributed by atoms with E-state index in [1.807, 2.05) is 0 Å². The quantitative estimate of drug-likeness (QED) is 0.546. The second-order valence-electron chi connectivity index (χ2n) is 4.41. The zero-order valence-corrected chi connectivity index (χ0v) is 10.1. The summed E-state index contributed by atoms with van der Waals surface area (Å²) in [6, 6.07) is 3.68. The predicted molar refractivity (Wildman–Crippen MR) is 62.5 cm³/mol. The van der Waals surface area contributed by atoms with Crippen molar-refractivity contribution in [3.63, 3.8) is 0 Å². The molecule has 5 nitrogen and oxygen atoms in total. The van der Waals surface area contributed by atoms with E-state index in [1.54, 1.807) is 26.0 Å². The molecular weight excluding hydrogens is 222 g/mol. The third-order valence-corrected chi connectivity index (χ3v) is 2.87. The largest absolute Gasteiger partial charge is 0.504 e. The standard InChI is InChI=1S/C12H17NO4/c1-12(2,11(16)17-3)10(13)7-5-4-6-8(14)9(7)15/h4-6,10,14-15H,13H2,1-3H3/t10-/m1/s1. The Bertz CT molecular complexity index is 429. The smallest absolute Gasteiger partial charge is 0.313 e. The second kappa shape index (κ2) is 4.63. The summed E-state index contributed by atoms with van der Waals surface area (Å²) in [6.45, 7) is 3.24. The van der Waals surface area contributed by atoms with E-state index in [0.717, 1.165) is 0 Å². The van der Waals surface area contributed by atoms with Crippen LogP contribution >= 0.6 is 0 Å². The fourth-order valence-corrected chi connectivity index (χ4v) is 1.58. The number of phenolic OH excluding ortho intramolecular Hbond substituents is 2. The zero-order valence-electron chi connectivity index (χ0n) is 10.1. The third kappa shape index (κ3) is 2.34. The minimum absolute atomic E-state index is 0.265. The average molecular weight is 239 g/mol. The Balaban J connectivity index is 3.16. The second-order valence-corrected chi connectivity index (χ2v) is 4.41. The highest BCUT2D eigenvalue weighted by atomic mass is 16.5. The Morgan fingerprint density at radius 1 is 1.41 bits per heavy atom. The number of hydrogen-bond donors (Lipinski definition) is 3. The first-order chi connectivity index (χ1) is 7.82. The van der Waals surface area contributed by atoms with Crippen LogP contribution < -0.4 is 5.73 Å². The molecule has 0 aliphatic carbocycles. The Hall–Kier alpha value is -1.75. The van der Waals surface area contributed by atoms with Crippen molar-refractivity contribution in [2.24, 2.45) is 11.1 Å². The molecule has 0 fully saturated rings. The summed E-state index contributed by atoms with van der Waals surface area (Å²) < 4.78 is 4.66. The molecule has 0 amide bonds. The van der Waals surface area contributed by atoms with Crippen LogP contribution in [0.5, 0.6) is 11.5 Å². The van der Waals surface area contributed by atoms with Crippen LogP contribution in [0.3, 0.4) is 0 Å². The summed E-state index contributed by atoms with van der Waals surface area (Å²) in [7, 11) is 1.28. The van der Waals surface area contributed by atoms with E-state index in [4.69, 9.17) is 5.73 Å². The van der Waals surface area contributed by atoms with Gasteiger partial charge in [-0.05, 0) is 19.9 Å². The fourth-order valence-electron chi connectivity index (χ4n) is 1.58. The van der Waals surface area contributed by atoms with Gasteiger partial charge in [-0.25, -0.2) is 0 Å². The molecule has 94 valence electrons. The number of hydrogen-bond acceptors (Lipinski definition) is 5. The lowest BCUT2D eigenvalue weighted by Crippen LogP contribution is -2.37. The number of carbonyl (C=O) groups excluding carboxylic acids is 1. The van der Waals surface area contributed by atoms with Crippen molar-refractivity contribution in [1.82, 2.24) is 0 Å². The molecule has 0 heterocycles. The molecule has 0 bridgehead atoms. The van der Waals surface area contributed by atoms with Gasteiger partial charge < -0.3 is 20.7 Å². The number of esters is 1. The van der Waals surface area contributed by atoms with Gasteiger partial charge in [-0.15, -0.1) is 0 Å². The summed E-state index contributed by atoms with van der Waals surface area (Å²) in [5.41, 5.74) is 5.25. The van der Waals surface area contributed by atoms with Crippen LogP contribution in [0.25, 0.3) is 0 Å². The fraction of sp³-hybridized carbons (Fsp3) is 0.417. The van der Waals surface area contributed by atoms with Crippen LogP contribution in [0.15, 0.2) is 18.2 Å². The Morgan fingerprint density at radius 2 is 2.00 bits per heavy atom. The predicted octanol–water partition coefficient (Wildman–Crippen LogP) is 1.30. The zero-order chi connectivity index (χ0) is 13.2. The molecule has 0 aliphatic rings. The minimum atomic E-state index is -1.000. The molecule has 0 aliphatic heterocycles. The normalized spacial score (nSPS) is 13.2. The molecule has 0 saturated carbocycles. The van der Waals surface area contributed by atoms with Crippen LogP contribution in [0, 0.1) is 5.41 Å². The van der Waals surface area contributed by atoms with E-state index >= 15 is 0 Å². The number of para-hydroxylation sites is 1. The lowest BCUT2D eigenvalue weighted by atomic mass is 9.80. The van der Waals surface area contributed by atoms with E-state index in [2.05, 4.69) is 4.74 Å². The Labute approximate surface area is 99.8 Å². The van der Waals surface area contributed by atoms with Crippen molar-refractivity contribution in [2.75, 3.05) is 7.11 Å². The summed E-state index contributed by atoms with van der Waals surface area (Å²) >= 11 is 0. The Morgan fingerprint density at radius 3 is 2.53 bits per heavy atom. The monoisotopic (exact) mass is 239 g/mol. The molecule has 1 aromatic carbocycles. The molecule has 4 N–H and O–H groups in total. The summed E-state index contributed by atoms with van der Waals surface area (Å²) in [6.07, 6.45) is 0. The first kappa shape index (κ1) is 13.3. The Kier molecular flexibility index (Phi) is 3.63. The van der Waals surface area contributed by atoms with Crippen molar-refractivity contribution in [2.45, 2.75) is 19.9 Å². The van der Waals surface area contributed by atoms with Gasteiger partial charge in [0.15, 0.2) is 11.5 Å². The highest BCUT2D eigenvalue weighted by molar-refractivity contribution is 5.77. The van der Waals surface area contributed by atoms with E-state index < -0.39 is 17.4 Å². The highest BCUT2D eigenvalue weighted by Crippen LogP contribution is 2.39. The molecule has 17 heavy (non-hydrogen) atoms. The molecule has 0 unspecified atom stereocenters. The maximum absolute atomic E-state index is 11.6. The van der Waals surface area contributed by atoms with Crippen LogP contribution in [-0.4, -0.2) is 23.3 Å². The van der Waals surface area contributed by atoms with Gasteiger partial charge >= 0.3 is 5.97 Å². The van der Waals surface area contributed by atoms with Gasteiger partial charge in [0.2, 0.25) is 0 Å². The van der Waals surface area contributed by atoms with Gasteiger partial charge in [0.1, 0.15) is 0 Å². The number of methoxy groups -OCH3 is 1. The van der Waals surface area contributed by atoms with Gasteiger partial charge in [0.25, 0.3) is 0 Å². The molecule has 1 atom stereocenters. The third-order valence-electron chi connectivity index (χ3n) is 2.87. The van der Waals surface area contributed by atoms with Gasteiger partial charge in [-0.1, -0.05) is 12.1 Å². The molecular formula is C12H17NO4. The van der Waals surface area contributed by atoms with Gasteiger partial charge in [0, 0.05) is 11.6 Å².